The van der Waals surface area contributed by atoms with Crippen LogP contribution in [0.4, 0.5) is 0 Å². The molecule has 7 heteroatoms. The molecule has 0 aliphatic rings. The molecule has 0 amide bonds. The van der Waals surface area contributed by atoms with Gasteiger partial charge in [0.1, 0.15) is 6.04 Å². The molecule has 68 valence electrons. The summed E-state index contributed by atoms with van der Waals surface area (Å²) in [5, 5.41) is 16.4. The number of thioether (sulfide) groups is 1. The zero-order chi connectivity index (χ0) is 8.85. The minimum atomic E-state index is -1.11. The van der Waals surface area contributed by atoms with Crippen LogP contribution < -0.4 is 5.73 Å². The van der Waals surface area contributed by atoms with Crippen LogP contribution in [0.5, 0.6) is 0 Å². The van der Waals surface area contributed by atoms with Crippen molar-refractivity contribution >= 4 is 61.4 Å². The predicted octanol–water partition coefficient (Wildman–Crippen LogP) is -1.70. The molecule has 0 fully saturated rings. The Hall–Kier alpha value is 0.510. The molecule has 0 bridgehead atoms. The molecule has 0 saturated heterocycles. The first-order chi connectivity index (χ1) is 5.04. The summed E-state index contributed by atoms with van der Waals surface area (Å²) in [5.41, 5.74) is 5.09. The van der Waals surface area contributed by atoms with Crippen LogP contribution in [0.1, 0.15) is 0 Å². The van der Waals surface area contributed by atoms with E-state index < -0.39 is 18.0 Å². The average Bonchev–Trinajstić information content (AvgIpc) is 1.86. The van der Waals surface area contributed by atoms with E-state index in [2.05, 4.69) is 0 Å². The fourth-order valence-corrected chi connectivity index (χ4v) is 1.03. The van der Waals surface area contributed by atoms with E-state index in [0.29, 0.717) is 0 Å². The molecular weight excluding hydrogens is 210 g/mol. The van der Waals surface area contributed by atoms with E-state index in [9.17, 15) is 9.59 Å². The Kier molecular flexibility index (Phi) is 10.2. The maximum absolute atomic E-state index is 10.1. The van der Waals surface area contributed by atoms with Gasteiger partial charge in [0, 0.05) is 5.75 Å². The summed E-state index contributed by atoms with van der Waals surface area (Å²) in [4.78, 5) is 20.0. The number of carboxylic acid groups (broad SMARTS) is 2. The van der Waals surface area contributed by atoms with Gasteiger partial charge in [0.25, 0.3) is 0 Å². The molecule has 1 unspecified atom stereocenters. The van der Waals surface area contributed by atoms with Crippen molar-refractivity contribution in [3.63, 3.8) is 0 Å². The van der Waals surface area contributed by atoms with Crippen LogP contribution in [0.3, 0.4) is 0 Å². The van der Waals surface area contributed by atoms with Gasteiger partial charge in [0.15, 0.2) is 0 Å². The third-order valence-electron chi connectivity index (χ3n) is 0.840. The normalized spacial score (nSPS) is 11.4. The molecule has 0 spiro atoms. The van der Waals surface area contributed by atoms with E-state index in [4.69, 9.17) is 15.9 Å². The summed E-state index contributed by atoms with van der Waals surface area (Å²) in [6.07, 6.45) is 0. The molecule has 5 nitrogen and oxygen atoms in total. The zero-order valence-electron chi connectivity index (χ0n) is 5.69. The Balaban J connectivity index is 0. The number of carboxylic acids is 2. The van der Waals surface area contributed by atoms with Gasteiger partial charge in [-0.25, -0.2) is 0 Å². The van der Waals surface area contributed by atoms with Gasteiger partial charge >= 0.3 is 49.7 Å². The second-order valence-electron chi connectivity index (χ2n) is 1.85. The van der Waals surface area contributed by atoms with Gasteiger partial charge in [0.2, 0.25) is 0 Å². The summed E-state index contributed by atoms with van der Waals surface area (Å²) >= 11 is 0.992. The average molecular weight is 221 g/mol. The van der Waals surface area contributed by atoms with Crippen LogP contribution in [0.15, 0.2) is 0 Å². The number of carbonyl (C=O) groups is 2. The first-order valence-corrected chi connectivity index (χ1v) is 3.97. The molecule has 0 aromatic rings. The number of nitrogens with two attached hydrogens (primary N) is 1. The van der Waals surface area contributed by atoms with E-state index in [1.165, 1.54) is 0 Å². The van der Waals surface area contributed by atoms with Crippen molar-refractivity contribution in [2.75, 3.05) is 11.5 Å². The standard InChI is InChI=1S/C5H9NO4S.Ca.2H/c6-3(5(9)10)1-11-2-4(7)8;;;/h3H,1-2,6H2,(H,7,8)(H,9,10);;;. The van der Waals surface area contributed by atoms with Gasteiger partial charge in [0.05, 0.1) is 5.75 Å². The second kappa shape index (κ2) is 8.12. The molecule has 4 N–H and O–H groups in total. The summed E-state index contributed by atoms with van der Waals surface area (Å²) in [6, 6.07) is -0.973. The van der Waals surface area contributed by atoms with E-state index in [0.717, 1.165) is 11.8 Å². The molecule has 0 aromatic carbocycles. The Labute approximate surface area is 104 Å². The molecule has 0 saturated carbocycles. The Morgan fingerprint density at radius 2 is 1.92 bits per heavy atom. The van der Waals surface area contributed by atoms with Crippen LogP contribution >= 0.6 is 11.8 Å². The Bertz CT molecular complexity index is 166. The number of hydrogen-bond donors (Lipinski definition) is 3. The third-order valence-corrected chi connectivity index (χ3v) is 1.89. The van der Waals surface area contributed by atoms with Gasteiger partial charge in [-0.2, -0.15) is 0 Å². The SMILES string of the molecule is NC(CSCC(=O)O)C(=O)O.[CaH2]. The number of rotatable bonds is 5. The van der Waals surface area contributed by atoms with Gasteiger partial charge in [-0.15, -0.1) is 11.8 Å². The van der Waals surface area contributed by atoms with Crippen molar-refractivity contribution in [2.45, 2.75) is 6.04 Å². The quantitative estimate of drug-likeness (QED) is 0.478. The van der Waals surface area contributed by atoms with Crippen molar-refractivity contribution in [1.82, 2.24) is 0 Å². The summed E-state index contributed by atoms with van der Waals surface area (Å²) in [6.45, 7) is 0. The molecule has 0 aromatic heterocycles. The van der Waals surface area contributed by atoms with Crippen LogP contribution in [0, 0.1) is 0 Å². The van der Waals surface area contributed by atoms with Crippen molar-refractivity contribution < 1.29 is 19.8 Å². The van der Waals surface area contributed by atoms with Crippen LogP contribution in [-0.4, -0.2) is 77.4 Å². The topological polar surface area (TPSA) is 101 Å². The van der Waals surface area contributed by atoms with E-state index in [1.807, 2.05) is 0 Å². The molecule has 0 rings (SSSR count). The third kappa shape index (κ3) is 8.60. The van der Waals surface area contributed by atoms with Crippen LogP contribution in [0.2, 0.25) is 0 Å². The fraction of sp³-hybridized carbons (Fsp3) is 0.600. The summed E-state index contributed by atoms with van der Waals surface area (Å²) < 4.78 is 0. The number of hydrogen-bond acceptors (Lipinski definition) is 4. The minimum absolute atomic E-state index is 0. The van der Waals surface area contributed by atoms with Gasteiger partial charge < -0.3 is 15.9 Å². The monoisotopic (exact) mass is 221 g/mol. The maximum atomic E-state index is 10.1. The Morgan fingerprint density at radius 1 is 1.42 bits per heavy atom. The van der Waals surface area contributed by atoms with Crippen LogP contribution in [0.25, 0.3) is 0 Å². The molecule has 0 radical (unpaired) electrons. The molecule has 0 aliphatic carbocycles. The molecule has 0 aliphatic heterocycles. The summed E-state index contributed by atoms with van der Waals surface area (Å²) in [5.74, 6) is -2.06. The molecule has 1 atom stereocenters. The zero-order valence-corrected chi connectivity index (χ0v) is 6.50. The van der Waals surface area contributed by atoms with Crippen molar-refractivity contribution in [2.24, 2.45) is 5.73 Å². The first-order valence-electron chi connectivity index (χ1n) is 2.82. The first kappa shape index (κ1) is 15.0. The van der Waals surface area contributed by atoms with Gasteiger partial charge in [-0.1, -0.05) is 0 Å². The van der Waals surface area contributed by atoms with Crippen molar-refractivity contribution in [3.8, 4) is 0 Å². The van der Waals surface area contributed by atoms with E-state index >= 15 is 0 Å². The van der Waals surface area contributed by atoms with E-state index in [-0.39, 0.29) is 49.2 Å². The van der Waals surface area contributed by atoms with Crippen LogP contribution in [-0.2, 0) is 9.59 Å². The number of aliphatic carboxylic acids is 2. The van der Waals surface area contributed by atoms with Crippen molar-refractivity contribution in [3.05, 3.63) is 0 Å². The van der Waals surface area contributed by atoms with Gasteiger partial charge in [-0.05, 0) is 0 Å². The predicted molar refractivity (Wildman–Crippen MR) is 49.1 cm³/mol. The van der Waals surface area contributed by atoms with E-state index in [1.54, 1.807) is 0 Å². The summed E-state index contributed by atoms with van der Waals surface area (Å²) in [7, 11) is 0. The fourth-order valence-electron chi connectivity index (χ4n) is 0.344. The molecule has 12 heavy (non-hydrogen) atoms. The second-order valence-corrected chi connectivity index (χ2v) is 2.88. The molecule has 0 heterocycles. The van der Waals surface area contributed by atoms with Crippen molar-refractivity contribution in [1.29, 1.82) is 0 Å². The molecular formula is C5H11CaNO4S. The Morgan fingerprint density at radius 3 is 2.25 bits per heavy atom. The van der Waals surface area contributed by atoms with Gasteiger partial charge in [-0.3, -0.25) is 9.59 Å².